The first kappa shape index (κ1) is 11.0. The number of rotatable bonds is 4. The van der Waals surface area contributed by atoms with E-state index in [2.05, 4.69) is 0 Å². The molecule has 0 spiro atoms. The molecule has 0 aromatic carbocycles. The number of aliphatic hydroxyl groups is 1. The standard InChI is InChI=1S/C11H16O3/c1-2-3-4-5-6-9-7-10(8-12)14-11(9)13/h2-5,9-10,12H,6-8H2,1H3/b3-2+,5-4+/t9-,10-/m0/s1. The summed E-state index contributed by atoms with van der Waals surface area (Å²) in [6.45, 7) is 1.87. The SMILES string of the molecule is C/C=C/C=C/C[C@H]1C[C@@H](CO)OC1=O. The van der Waals surface area contributed by atoms with Crippen molar-refractivity contribution in [3.63, 3.8) is 0 Å². The van der Waals surface area contributed by atoms with E-state index in [1.54, 1.807) is 0 Å². The molecule has 3 heteroatoms. The molecule has 0 radical (unpaired) electrons. The summed E-state index contributed by atoms with van der Waals surface area (Å²) in [5, 5.41) is 8.80. The van der Waals surface area contributed by atoms with Gasteiger partial charge in [-0.3, -0.25) is 4.79 Å². The maximum Gasteiger partial charge on any atom is 0.309 e. The Morgan fingerprint density at radius 3 is 2.93 bits per heavy atom. The minimum absolute atomic E-state index is 0.0686. The van der Waals surface area contributed by atoms with Crippen LogP contribution in [0.2, 0.25) is 0 Å². The molecule has 1 aliphatic rings. The molecule has 14 heavy (non-hydrogen) atoms. The minimum atomic E-state index is -0.289. The second-order valence-corrected chi connectivity index (χ2v) is 3.36. The lowest BCUT2D eigenvalue weighted by Gasteiger charge is -2.01. The molecule has 3 nitrogen and oxygen atoms in total. The molecule has 0 aromatic rings. The molecule has 0 bridgehead atoms. The summed E-state index contributed by atoms with van der Waals surface area (Å²) < 4.78 is 4.94. The Morgan fingerprint density at radius 1 is 1.57 bits per heavy atom. The van der Waals surface area contributed by atoms with Gasteiger partial charge in [-0.05, 0) is 13.3 Å². The number of allylic oxidation sites excluding steroid dienone is 4. The quantitative estimate of drug-likeness (QED) is 0.546. The number of aliphatic hydroxyl groups excluding tert-OH is 1. The molecule has 1 aliphatic heterocycles. The molecule has 0 unspecified atom stereocenters. The predicted octanol–water partition coefficient (Wildman–Crippen LogP) is 1.43. The van der Waals surface area contributed by atoms with Crippen LogP contribution < -0.4 is 0 Å². The zero-order valence-electron chi connectivity index (χ0n) is 8.35. The van der Waals surface area contributed by atoms with Gasteiger partial charge in [0.25, 0.3) is 0 Å². The molecular formula is C11H16O3. The highest BCUT2D eigenvalue weighted by Gasteiger charge is 2.32. The van der Waals surface area contributed by atoms with Crippen molar-refractivity contribution in [3.05, 3.63) is 24.3 Å². The fourth-order valence-electron chi connectivity index (χ4n) is 1.46. The van der Waals surface area contributed by atoms with Crippen molar-refractivity contribution in [1.29, 1.82) is 0 Å². The Labute approximate surface area is 84.1 Å². The van der Waals surface area contributed by atoms with Crippen molar-refractivity contribution in [2.75, 3.05) is 6.61 Å². The van der Waals surface area contributed by atoms with Gasteiger partial charge in [-0.1, -0.05) is 24.3 Å². The normalized spacial score (nSPS) is 27.7. The summed E-state index contributed by atoms with van der Waals surface area (Å²) in [5.41, 5.74) is 0. The molecule has 0 amide bonds. The molecule has 1 rings (SSSR count). The van der Waals surface area contributed by atoms with Crippen LogP contribution in [-0.2, 0) is 9.53 Å². The number of hydrogen-bond acceptors (Lipinski definition) is 3. The van der Waals surface area contributed by atoms with Crippen LogP contribution in [0.1, 0.15) is 19.8 Å². The van der Waals surface area contributed by atoms with Crippen molar-refractivity contribution in [2.45, 2.75) is 25.9 Å². The van der Waals surface area contributed by atoms with E-state index in [1.807, 2.05) is 31.2 Å². The van der Waals surface area contributed by atoms with Crippen LogP contribution in [0.5, 0.6) is 0 Å². The first-order chi connectivity index (χ1) is 6.77. The third kappa shape index (κ3) is 3.00. The zero-order chi connectivity index (χ0) is 10.4. The topological polar surface area (TPSA) is 46.5 Å². The van der Waals surface area contributed by atoms with Crippen LogP contribution in [0.4, 0.5) is 0 Å². The molecule has 0 aliphatic carbocycles. The summed E-state index contributed by atoms with van der Waals surface area (Å²) in [6, 6.07) is 0. The summed E-state index contributed by atoms with van der Waals surface area (Å²) in [7, 11) is 0. The summed E-state index contributed by atoms with van der Waals surface area (Å²) in [4.78, 5) is 11.2. The van der Waals surface area contributed by atoms with E-state index >= 15 is 0 Å². The largest absolute Gasteiger partial charge is 0.460 e. The van der Waals surface area contributed by atoms with Crippen molar-refractivity contribution in [3.8, 4) is 0 Å². The number of ether oxygens (including phenoxy) is 1. The van der Waals surface area contributed by atoms with Gasteiger partial charge in [-0.25, -0.2) is 0 Å². The van der Waals surface area contributed by atoms with Crippen LogP contribution in [0.25, 0.3) is 0 Å². The second kappa shape index (κ2) is 5.60. The fourth-order valence-corrected chi connectivity index (χ4v) is 1.46. The number of cyclic esters (lactones) is 1. The molecule has 1 heterocycles. The Balaban J connectivity index is 2.35. The van der Waals surface area contributed by atoms with Crippen molar-refractivity contribution >= 4 is 5.97 Å². The van der Waals surface area contributed by atoms with Crippen LogP contribution >= 0.6 is 0 Å². The van der Waals surface area contributed by atoms with E-state index in [-0.39, 0.29) is 24.6 Å². The van der Waals surface area contributed by atoms with Gasteiger partial charge in [-0.15, -0.1) is 0 Å². The lowest BCUT2D eigenvalue weighted by molar-refractivity contribution is -0.145. The Hall–Kier alpha value is -1.09. The summed E-state index contributed by atoms with van der Waals surface area (Å²) in [6.07, 6.45) is 8.76. The Bertz CT molecular complexity index is 243. The van der Waals surface area contributed by atoms with E-state index < -0.39 is 0 Å². The average molecular weight is 196 g/mol. The van der Waals surface area contributed by atoms with E-state index in [4.69, 9.17) is 9.84 Å². The molecule has 78 valence electrons. The van der Waals surface area contributed by atoms with Crippen LogP contribution in [-0.4, -0.2) is 23.8 Å². The van der Waals surface area contributed by atoms with Crippen LogP contribution in [0.15, 0.2) is 24.3 Å². The lowest BCUT2D eigenvalue weighted by atomic mass is 10.0. The molecule has 0 aromatic heterocycles. The molecule has 1 N–H and O–H groups in total. The van der Waals surface area contributed by atoms with Crippen molar-refractivity contribution < 1.29 is 14.6 Å². The molecule has 2 atom stereocenters. The van der Waals surface area contributed by atoms with Gasteiger partial charge < -0.3 is 9.84 Å². The van der Waals surface area contributed by atoms with E-state index in [0.29, 0.717) is 12.8 Å². The number of carbonyl (C=O) groups is 1. The highest BCUT2D eigenvalue weighted by atomic mass is 16.6. The zero-order valence-corrected chi connectivity index (χ0v) is 8.35. The van der Waals surface area contributed by atoms with Gasteiger partial charge >= 0.3 is 5.97 Å². The van der Waals surface area contributed by atoms with Gasteiger partial charge in [0.2, 0.25) is 0 Å². The summed E-state index contributed by atoms with van der Waals surface area (Å²) >= 11 is 0. The molecule has 1 saturated heterocycles. The predicted molar refractivity (Wildman–Crippen MR) is 53.6 cm³/mol. The van der Waals surface area contributed by atoms with E-state index in [9.17, 15) is 4.79 Å². The van der Waals surface area contributed by atoms with Crippen molar-refractivity contribution in [2.24, 2.45) is 5.92 Å². The Kier molecular flexibility index (Phi) is 4.40. The molecule has 0 saturated carbocycles. The highest BCUT2D eigenvalue weighted by molar-refractivity contribution is 5.74. The van der Waals surface area contributed by atoms with Gasteiger partial charge in [0, 0.05) is 6.42 Å². The van der Waals surface area contributed by atoms with Gasteiger partial charge in [0.05, 0.1) is 12.5 Å². The molecular weight excluding hydrogens is 180 g/mol. The third-order valence-corrected chi connectivity index (χ3v) is 2.23. The average Bonchev–Trinajstić information content (AvgIpc) is 2.54. The van der Waals surface area contributed by atoms with Crippen LogP contribution in [0.3, 0.4) is 0 Å². The minimum Gasteiger partial charge on any atom is -0.460 e. The van der Waals surface area contributed by atoms with Gasteiger partial charge in [-0.2, -0.15) is 0 Å². The van der Waals surface area contributed by atoms with Gasteiger partial charge in [0.1, 0.15) is 6.10 Å². The fraction of sp³-hybridized carbons (Fsp3) is 0.545. The smallest absolute Gasteiger partial charge is 0.309 e. The first-order valence-corrected chi connectivity index (χ1v) is 4.87. The number of carbonyl (C=O) groups excluding carboxylic acids is 1. The van der Waals surface area contributed by atoms with Crippen LogP contribution in [0, 0.1) is 5.92 Å². The number of hydrogen-bond donors (Lipinski definition) is 1. The third-order valence-electron chi connectivity index (χ3n) is 2.23. The maximum atomic E-state index is 11.2. The first-order valence-electron chi connectivity index (χ1n) is 4.87. The van der Waals surface area contributed by atoms with Gasteiger partial charge in [0.15, 0.2) is 0 Å². The molecule has 1 fully saturated rings. The second-order valence-electron chi connectivity index (χ2n) is 3.36. The van der Waals surface area contributed by atoms with E-state index in [1.165, 1.54) is 0 Å². The summed E-state index contributed by atoms with van der Waals surface area (Å²) in [5.74, 6) is -0.261. The van der Waals surface area contributed by atoms with Crippen molar-refractivity contribution in [1.82, 2.24) is 0 Å². The lowest BCUT2D eigenvalue weighted by Crippen LogP contribution is -2.10. The monoisotopic (exact) mass is 196 g/mol. The van der Waals surface area contributed by atoms with E-state index in [0.717, 1.165) is 0 Å². The maximum absolute atomic E-state index is 11.2. The highest BCUT2D eigenvalue weighted by Crippen LogP contribution is 2.23. The number of esters is 1. The Morgan fingerprint density at radius 2 is 2.36 bits per heavy atom.